The number of hydrogen-bond acceptors (Lipinski definition) is 4. The molecule has 0 N–H and O–H groups in total. The zero-order chi connectivity index (χ0) is 29.8. The number of carbonyl (C=O) groups is 2. The maximum Gasteiger partial charge on any atom is 0.196 e. The number of alkyl halides is 2. The van der Waals surface area contributed by atoms with Crippen LogP contribution >= 0.6 is 31.9 Å². The van der Waals surface area contributed by atoms with Crippen LogP contribution < -0.4 is 9.47 Å². The maximum absolute atomic E-state index is 13.7. The smallest absolute Gasteiger partial charge is 0.196 e. The second-order valence-corrected chi connectivity index (χ2v) is 12.1. The lowest BCUT2D eigenvalue weighted by atomic mass is 9.95. The average Bonchev–Trinajstić information content (AvgIpc) is 3.03. The summed E-state index contributed by atoms with van der Waals surface area (Å²) >= 11 is 6.98. The quantitative estimate of drug-likeness (QED) is 0.0595. The minimum absolute atomic E-state index is 0.169. The Morgan fingerprint density at radius 2 is 0.833 bits per heavy atom. The Morgan fingerprint density at radius 1 is 0.476 bits per heavy atom. The molecule has 0 unspecified atom stereocenters. The summed E-state index contributed by atoms with van der Waals surface area (Å²) in [4.78, 5) is 27.4. The molecular formula is C36H44Br2O4. The van der Waals surface area contributed by atoms with Crippen LogP contribution in [0.2, 0.25) is 0 Å². The van der Waals surface area contributed by atoms with Crippen LogP contribution in [0.15, 0.2) is 72.8 Å². The van der Waals surface area contributed by atoms with Gasteiger partial charge in [0.1, 0.15) is 11.5 Å². The van der Waals surface area contributed by atoms with Crippen molar-refractivity contribution in [2.24, 2.45) is 0 Å². The van der Waals surface area contributed by atoms with E-state index in [-0.39, 0.29) is 11.6 Å². The van der Waals surface area contributed by atoms with E-state index in [1.54, 1.807) is 36.4 Å². The monoisotopic (exact) mass is 698 g/mol. The van der Waals surface area contributed by atoms with Crippen molar-refractivity contribution in [3.63, 3.8) is 0 Å². The normalized spacial score (nSPS) is 10.9. The van der Waals surface area contributed by atoms with Gasteiger partial charge in [0.05, 0.1) is 24.3 Å². The van der Waals surface area contributed by atoms with Gasteiger partial charge < -0.3 is 9.47 Å². The molecule has 0 amide bonds. The number of unbranched alkanes of at least 4 members (excludes halogenated alkanes) is 10. The van der Waals surface area contributed by atoms with Gasteiger partial charge in [-0.1, -0.05) is 144 Å². The summed E-state index contributed by atoms with van der Waals surface area (Å²) < 4.78 is 12.5. The standard InChI is InChI=1S/C36H44Br2O4/c37-23-15-5-1-3-7-17-25-41-33-28-34(42-26-18-8-4-2-6-16-24-38)32(36(40)30-21-13-10-14-22-30)27-31(33)35(39)29-19-11-9-12-20-29/h9-14,19-22,27-28H,1-8,15-18,23-26H2. The highest BCUT2D eigenvalue weighted by Crippen LogP contribution is 2.33. The van der Waals surface area contributed by atoms with E-state index in [4.69, 9.17) is 9.47 Å². The van der Waals surface area contributed by atoms with E-state index >= 15 is 0 Å². The predicted octanol–water partition coefficient (Wildman–Crippen LogP) is 10.4. The molecule has 0 bridgehead atoms. The van der Waals surface area contributed by atoms with Crippen LogP contribution in [0.5, 0.6) is 11.5 Å². The van der Waals surface area contributed by atoms with Gasteiger partial charge in [0, 0.05) is 27.9 Å². The van der Waals surface area contributed by atoms with Crippen molar-refractivity contribution in [2.75, 3.05) is 23.9 Å². The summed E-state index contributed by atoms with van der Waals surface area (Å²) in [5.41, 5.74) is 1.88. The van der Waals surface area contributed by atoms with Gasteiger partial charge in [-0.2, -0.15) is 0 Å². The first-order valence-electron chi connectivity index (χ1n) is 15.4. The lowest BCUT2D eigenvalue weighted by molar-refractivity contribution is 0.103. The van der Waals surface area contributed by atoms with Crippen LogP contribution in [0.3, 0.4) is 0 Å². The fourth-order valence-corrected chi connectivity index (χ4v) is 5.61. The zero-order valence-corrected chi connectivity index (χ0v) is 27.8. The number of ketones is 2. The van der Waals surface area contributed by atoms with Gasteiger partial charge in [-0.15, -0.1) is 0 Å². The number of ether oxygens (including phenoxy) is 2. The first-order chi connectivity index (χ1) is 20.7. The van der Waals surface area contributed by atoms with Gasteiger partial charge in [0.2, 0.25) is 0 Å². The Kier molecular flexibility index (Phi) is 16.6. The molecule has 226 valence electrons. The third-order valence-corrected chi connectivity index (χ3v) is 8.34. The van der Waals surface area contributed by atoms with Crippen LogP contribution in [-0.4, -0.2) is 35.4 Å². The molecule has 42 heavy (non-hydrogen) atoms. The third-order valence-electron chi connectivity index (χ3n) is 7.21. The molecule has 3 aromatic rings. The van der Waals surface area contributed by atoms with Crippen LogP contribution in [0, 0.1) is 0 Å². The summed E-state index contributed by atoms with van der Waals surface area (Å²) in [5.74, 6) is 0.602. The summed E-state index contributed by atoms with van der Waals surface area (Å²) in [6.45, 7) is 1.01. The van der Waals surface area contributed by atoms with Gasteiger partial charge in [0.25, 0.3) is 0 Å². The third kappa shape index (κ3) is 11.7. The maximum atomic E-state index is 13.7. The molecule has 0 fully saturated rings. The van der Waals surface area contributed by atoms with Crippen LogP contribution in [0.25, 0.3) is 0 Å². The van der Waals surface area contributed by atoms with Crippen LogP contribution in [-0.2, 0) is 0 Å². The van der Waals surface area contributed by atoms with E-state index in [0.29, 0.717) is 47.0 Å². The minimum Gasteiger partial charge on any atom is -0.493 e. The molecule has 0 aliphatic heterocycles. The highest BCUT2D eigenvalue weighted by Gasteiger charge is 2.23. The molecular weight excluding hydrogens is 656 g/mol. The highest BCUT2D eigenvalue weighted by atomic mass is 79.9. The first kappa shape index (κ1) is 34.1. The van der Waals surface area contributed by atoms with Gasteiger partial charge in [-0.25, -0.2) is 0 Å². The predicted molar refractivity (Wildman–Crippen MR) is 180 cm³/mol. The first-order valence-corrected chi connectivity index (χ1v) is 17.6. The molecule has 0 saturated heterocycles. The van der Waals surface area contributed by atoms with E-state index in [2.05, 4.69) is 31.9 Å². The lowest BCUT2D eigenvalue weighted by Gasteiger charge is -2.17. The van der Waals surface area contributed by atoms with E-state index < -0.39 is 0 Å². The fourth-order valence-electron chi connectivity index (χ4n) is 4.82. The van der Waals surface area contributed by atoms with Crippen molar-refractivity contribution < 1.29 is 19.1 Å². The van der Waals surface area contributed by atoms with Gasteiger partial charge in [0.15, 0.2) is 11.6 Å². The Balaban J connectivity index is 1.82. The van der Waals surface area contributed by atoms with Crippen molar-refractivity contribution in [1.29, 1.82) is 0 Å². The van der Waals surface area contributed by atoms with Gasteiger partial charge >= 0.3 is 0 Å². The van der Waals surface area contributed by atoms with Crippen molar-refractivity contribution in [2.45, 2.75) is 77.0 Å². The number of carbonyl (C=O) groups excluding carboxylic acids is 2. The largest absolute Gasteiger partial charge is 0.493 e. The molecule has 4 nitrogen and oxygen atoms in total. The van der Waals surface area contributed by atoms with Crippen molar-refractivity contribution in [1.82, 2.24) is 0 Å². The Labute approximate surface area is 268 Å². The SMILES string of the molecule is O=C(c1ccccc1)c1cc(C(=O)c2ccccc2)c(OCCCCCCCCBr)cc1OCCCCCCCCBr. The molecule has 0 aromatic heterocycles. The second-order valence-electron chi connectivity index (χ2n) is 10.6. The van der Waals surface area contributed by atoms with E-state index in [9.17, 15) is 9.59 Å². The van der Waals surface area contributed by atoms with Gasteiger partial charge in [-0.3, -0.25) is 9.59 Å². The van der Waals surface area contributed by atoms with Crippen LogP contribution in [0.4, 0.5) is 0 Å². The molecule has 0 heterocycles. The summed E-state index contributed by atoms with van der Waals surface area (Å²) in [6, 6.07) is 21.7. The summed E-state index contributed by atoms with van der Waals surface area (Å²) in [7, 11) is 0. The topological polar surface area (TPSA) is 52.6 Å². The average molecular weight is 701 g/mol. The summed E-state index contributed by atoms with van der Waals surface area (Å²) in [6.07, 6.45) is 13.6. The molecule has 0 aliphatic rings. The van der Waals surface area contributed by atoms with Crippen molar-refractivity contribution >= 4 is 43.4 Å². The Hall–Kier alpha value is -2.44. The lowest BCUT2D eigenvalue weighted by Crippen LogP contribution is -2.12. The van der Waals surface area contributed by atoms with E-state index in [1.807, 2.05) is 36.4 Å². The van der Waals surface area contributed by atoms with Crippen molar-refractivity contribution in [3.8, 4) is 11.5 Å². The molecule has 0 radical (unpaired) electrons. The molecule has 3 rings (SSSR count). The Bertz CT molecular complexity index is 1110. The van der Waals surface area contributed by atoms with Crippen LogP contribution in [0.1, 0.15) is 109 Å². The fraction of sp³-hybridized carbons (Fsp3) is 0.444. The molecule has 6 heteroatoms. The number of halogens is 2. The molecule has 0 saturated carbocycles. The number of hydrogen-bond donors (Lipinski definition) is 0. The van der Waals surface area contributed by atoms with E-state index in [0.717, 1.165) is 36.3 Å². The molecule has 0 atom stereocenters. The zero-order valence-electron chi connectivity index (χ0n) is 24.6. The highest BCUT2D eigenvalue weighted by molar-refractivity contribution is 9.09. The summed E-state index contributed by atoms with van der Waals surface area (Å²) in [5, 5.41) is 2.11. The van der Waals surface area contributed by atoms with Crippen molar-refractivity contribution in [3.05, 3.63) is 95.1 Å². The number of benzene rings is 3. The molecule has 0 spiro atoms. The van der Waals surface area contributed by atoms with Gasteiger partial charge in [-0.05, 0) is 31.7 Å². The Morgan fingerprint density at radius 3 is 1.21 bits per heavy atom. The minimum atomic E-state index is -0.169. The molecule has 3 aromatic carbocycles. The van der Waals surface area contributed by atoms with E-state index in [1.165, 1.54) is 51.4 Å². The number of rotatable bonds is 22. The second kappa shape index (κ2) is 20.5. The molecule has 0 aliphatic carbocycles.